The van der Waals surface area contributed by atoms with Crippen molar-refractivity contribution in [3.05, 3.63) is 0 Å². The molecule has 1 saturated heterocycles. The molecule has 0 aromatic carbocycles. The number of alkyl halides is 6. The van der Waals surface area contributed by atoms with Crippen molar-refractivity contribution in [3.63, 3.8) is 0 Å². The summed E-state index contributed by atoms with van der Waals surface area (Å²) in [6, 6.07) is 0.118. The molecule has 2 aliphatic carbocycles. The lowest BCUT2D eigenvalue weighted by atomic mass is 9.74. The van der Waals surface area contributed by atoms with Crippen molar-refractivity contribution in [1.82, 2.24) is 5.32 Å². The molecule has 3 rings (SSSR count). The average Bonchev–Trinajstić information content (AvgIpc) is 2.67. The van der Waals surface area contributed by atoms with Gasteiger partial charge in [-0.3, -0.25) is 0 Å². The first-order valence-corrected chi connectivity index (χ1v) is 11.9. The molecule has 2 saturated carbocycles. The maximum absolute atomic E-state index is 14.8. The van der Waals surface area contributed by atoms with E-state index in [9.17, 15) is 26.3 Å². The fraction of sp³-hybridized carbons (Fsp3) is 1.00. The van der Waals surface area contributed by atoms with E-state index in [1.165, 1.54) is 0 Å². The lowest BCUT2D eigenvalue weighted by molar-refractivity contribution is -0.313. The molecule has 9 heteroatoms. The van der Waals surface area contributed by atoms with Gasteiger partial charge in [0.15, 0.2) is 6.17 Å². The molecular weight excluding hydrogens is 427 g/mol. The highest BCUT2D eigenvalue weighted by Crippen LogP contribution is 2.47. The van der Waals surface area contributed by atoms with Gasteiger partial charge in [0, 0.05) is 18.9 Å². The molecule has 0 spiro atoms. The van der Waals surface area contributed by atoms with Crippen LogP contribution in [0.1, 0.15) is 59.3 Å². The third-order valence-electron chi connectivity index (χ3n) is 6.60. The molecule has 9 atom stereocenters. The van der Waals surface area contributed by atoms with Crippen LogP contribution in [-0.4, -0.2) is 55.1 Å². The summed E-state index contributed by atoms with van der Waals surface area (Å²) >= 11 is 0. The van der Waals surface area contributed by atoms with E-state index in [0.717, 1.165) is 19.4 Å². The molecule has 3 fully saturated rings. The molecule has 2 nitrogen and oxygen atoms in total. The van der Waals surface area contributed by atoms with Gasteiger partial charge >= 0.3 is 6.11 Å². The Balaban J connectivity index is 0.00000155. The van der Waals surface area contributed by atoms with Crippen LogP contribution in [0.4, 0.5) is 26.3 Å². The summed E-state index contributed by atoms with van der Waals surface area (Å²) in [5.41, 5.74) is -0.718. The standard InChI is InChI=1S/C19H30F6NOP.C2H6/c1-9-2-3-15(26-8-9)10-4-12(20)17(16(28)5-10)19(24,25)27-11-6-13(21)18(23)14(22)7-11;1-2/h9-18,26H,2-8,28H2,1H3;1-2H3. The van der Waals surface area contributed by atoms with Crippen LogP contribution in [0, 0.1) is 17.8 Å². The van der Waals surface area contributed by atoms with Gasteiger partial charge < -0.3 is 10.1 Å². The van der Waals surface area contributed by atoms with Gasteiger partial charge in [0.25, 0.3) is 0 Å². The van der Waals surface area contributed by atoms with Crippen molar-refractivity contribution in [2.75, 3.05) is 6.54 Å². The summed E-state index contributed by atoms with van der Waals surface area (Å²) in [7, 11) is 2.31. The smallest absolute Gasteiger partial charge is 0.317 e. The number of nitrogens with one attached hydrogen (secondary N) is 1. The van der Waals surface area contributed by atoms with E-state index < -0.39 is 61.3 Å². The van der Waals surface area contributed by atoms with Crippen LogP contribution in [0.5, 0.6) is 0 Å². The van der Waals surface area contributed by atoms with Gasteiger partial charge in [-0.15, -0.1) is 9.24 Å². The summed E-state index contributed by atoms with van der Waals surface area (Å²) in [6.45, 7) is 6.98. The molecule has 3 aliphatic rings. The lowest BCUT2D eigenvalue weighted by Crippen LogP contribution is -2.53. The zero-order valence-electron chi connectivity index (χ0n) is 18.0. The normalized spacial score (nSPS) is 45.4. The second kappa shape index (κ2) is 11.2. The van der Waals surface area contributed by atoms with Crippen molar-refractivity contribution < 1.29 is 31.1 Å². The van der Waals surface area contributed by atoms with E-state index >= 15 is 0 Å². The minimum atomic E-state index is -3.86. The minimum absolute atomic E-state index is 0.00918. The van der Waals surface area contributed by atoms with Crippen LogP contribution in [0.25, 0.3) is 0 Å². The van der Waals surface area contributed by atoms with Crippen LogP contribution in [0.2, 0.25) is 0 Å². The number of hydrogen-bond donors (Lipinski definition) is 1. The van der Waals surface area contributed by atoms with Gasteiger partial charge in [-0.2, -0.15) is 8.78 Å². The van der Waals surface area contributed by atoms with Crippen LogP contribution in [0.15, 0.2) is 0 Å². The van der Waals surface area contributed by atoms with Gasteiger partial charge in [0.1, 0.15) is 18.5 Å². The van der Waals surface area contributed by atoms with Crippen molar-refractivity contribution in [2.24, 2.45) is 17.8 Å². The predicted octanol–water partition coefficient (Wildman–Crippen LogP) is 5.79. The second-order valence-electron chi connectivity index (χ2n) is 8.88. The monoisotopic (exact) mass is 463 g/mol. The highest BCUT2D eigenvalue weighted by molar-refractivity contribution is 7.17. The second-order valence-corrected chi connectivity index (χ2v) is 9.74. The van der Waals surface area contributed by atoms with E-state index in [2.05, 4.69) is 21.5 Å². The van der Waals surface area contributed by atoms with Crippen LogP contribution in [0.3, 0.4) is 0 Å². The van der Waals surface area contributed by atoms with E-state index in [1.54, 1.807) is 0 Å². The molecule has 1 heterocycles. The molecule has 0 aromatic rings. The van der Waals surface area contributed by atoms with Gasteiger partial charge in [-0.05, 0) is 49.7 Å². The zero-order valence-corrected chi connectivity index (χ0v) is 19.1. The number of halogens is 6. The van der Waals surface area contributed by atoms with E-state index in [4.69, 9.17) is 4.74 Å². The molecule has 0 amide bonds. The van der Waals surface area contributed by atoms with Gasteiger partial charge in [0.05, 0.1) is 12.0 Å². The first-order valence-electron chi connectivity index (χ1n) is 11.2. The maximum Gasteiger partial charge on any atom is 0.362 e. The average molecular weight is 463 g/mol. The predicted molar refractivity (Wildman–Crippen MR) is 110 cm³/mol. The summed E-state index contributed by atoms with van der Waals surface area (Å²) in [5, 5.41) is 3.40. The quantitative estimate of drug-likeness (QED) is 0.421. The molecule has 0 bridgehead atoms. The topological polar surface area (TPSA) is 21.3 Å². The van der Waals surface area contributed by atoms with Gasteiger partial charge in [-0.25, -0.2) is 17.6 Å². The van der Waals surface area contributed by atoms with E-state index in [1.807, 2.05) is 13.8 Å². The SMILES string of the molecule is CC.CC1CCC(C2CC(F)C(C(F)(F)OC3CC(F)C(F)C(F)C3)C(P)C2)NC1. The van der Waals surface area contributed by atoms with Gasteiger partial charge in [0.2, 0.25) is 0 Å². The molecule has 9 unspecified atom stereocenters. The first-order chi connectivity index (χ1) is 14.1. The Morgan fingerprint density at radius 2 is 1.50 bits per heavy atom. The summed E-state index contributed by atoms with van der Waals surface area (Å²) in [4.78, 5) is 0. The Kier molecular flexibility index (Phi) is 9.76. The fourth-order valence-electron chi connectivity index (χ4n) is 4.99. The lowest BCUT2D eigenvalue weighted by Gasteiger charge is -2.45. The van der Waals surface area contributed by atoms with Crippen LogP contribution in [-0.2, 0) is 4.74 Å². The fourth-order valence-corrected chi connectivity index (χ4v) is 5.80. The first kappa shape index (κ1) is 26.2. The molecule has 30 heavy (non-hydrogen) atoms. The number of ether oxygens (including phenoxy) is 1. The van der Waals surface area contributed by atoms with E-state index in [-0.39, 0.29) is 18.4 Å². The van der Waals surface area contributed by atoms with Crippen LogP contribution >= 0.6 is 9.24 Å². The highest BCUT2D eigenvalue weighted by atomic mass is 31.0. The van der Waals surface area contributed by atoms with Crippen molar-refractivity contribution in [3.8, 4) is 0 Å². The summed E-state index contributed by atoms with van der Waals surface area (Å²) in [5.74, 6) is -1.18. The molecule has 1 aliphatic heterocycles. The van der Waals surface area contributed by atoms with Gasteiger partial charge in [-0.1, -0.05) is 20.8 Å². The number of hydrogen-bond acceptors (Lipinski definition) is 2. The van der Waals surface area contributed by atoms with Crippen molar-refractivity contribution in [2.45, 2.75) is 108 Å². The minimum Gasteiger partial charge on any atom is -0.317 e. The number of rotatable bonds is 4. The summed E-state index contributed by atoms with van der Waals surface area (Å²) in [6.07, 6.45) is -12.7. The third-order valence-corrected chi connectivity index (χ3v) is 7.29. The molecule has 0 radical (unpaired) electrons. The Hall–Kier alpha value is -0.0700. The zero-order chi connectivity index (χ0) is 22.6. The highest BCUT2D eigenvalue weighted by Gasteiger charge is 2.55. The molecule has 178 valence electrons. The Morgan fingerprint density at radius 1 is 0.900 bits per heavy atom. The molecule has 1 N–H and O–H groups in total. The number of piperidine rings is 1. The van der Waals surface area contributed by atoms with Crippen LogP contribution < -0.4 is 5.32 Å². The summed E-state index contributed by atoms with van der Waals surface area (Å²) < 4.78 is 89.3. The maximum atomic E-state index is 14.8. The Labute approximate surface area is 178 Å². The van der Waals surface area contributed by atoms with E-state index in [0.29, 0.717) is 12.3 Å². The van der Waals surface area contributed by atoms with Crippen molar-refractivity contribution >= 4 is 9.24 Å². The Bertz CT molecular complexity index is 498. The molecular formula is C21H36F6NOP. The molecule has 0 aromatic heterocycles. The Morgan fingerprint density at radius 3 is 2.00 bits per heavy atom. The largest absolute Gasteiger partial charge is 0.362 e. The van der Waals surface area contributed by atoms with Crippen molar-refractivity contribution in [1.29, 1.82) is 0 Å². The third kappa shape index (κ3) is 6.25.